The van der Waals surface area contributed by atoms with Crippen LogP contribution < -0.4 is 9.62 Å². The van der Waals surface area contributed by atoms with Gasteiger partial charge in [-0.15, -0.1) is 0 Å². The molecule has 2 amide bonds. The highest BCUT2D eigenvalue weighted by molar-refractivity contribution is 7.92. The molecule has 0 aliphatic rings. The molecule has 0 aliphatic heterocycles. The fourth-order valence-electron chi connectivity index (χ4n) is 3.83. The maximum atomic E-state index is 13.9. The molecule has 0 fully saturated rings. The molecule has 1 N–H and O–H groups in total. The van der Waals surface area contributed by atoms with Crippen LogP contribution >= 0.6 is 23.2 Å². The zero-order valence-electron chi connectivity index (χ0n) is 22.4. The Hall–Kier alpha value is -3.07. The van der Waals surface area contributed by atoms with E-state index >= 15 is 0 Å². The van der Waals surface area contributed by atoms with Crippen LogP contribution in [0.4, 0.5) is 5.69 Å². The van der Waals surface area contributed by atoms with E-state index in [1.165, 1.54) is 35.2 Å². The molecular formula is C29H33Cl2N3O4S. The largest absolute Gasteiger partial charge is 0.352 e. The number of sulfonamides is 1. The lowest BCUT2D eigenvalue weighted by Crippen LogP contribution is -2.52. The lowest BCUT2D eigenvalue weighted by Gasteiger charge is -2.32. The van der Waals surface area contributed by atoms with Gasteiger partial charge < -0.3 is 10.2 Å². The van der Waals surface area contributed by atoms with Gasteiger partial charge in [-0.25, -0.2) is 8.42 Å². The van der Waals surface area contributed by atoms with Gasteiger partial charge in [0.2, 0.25) is 11.8 Å². The van der Waals surface area contributed by atoms with E-state index in [1.807, 2.05) is 45.0 Å². The number of hydrogen-bond donors (Lipinski definition) is 1. The third-order valence-corrected chi connectivity index (χ3v) is 8.69. The number of amides is 2. The van der Waals surface area contributed by atoms with Crippen molar-refractivity contribution >= 4 is 50.7 Å². The summed E-state index contributed by atoms with van der Waals surface area (Å²) in [5.74, 6) is -0.862. The molecular weight excluding hydrogens is 557 g/mol. The molecule has 7 nitrogen and oxygen atoms in total. The fourth-order valence-corrected chi connectivity index (χ4v) is 5.55. The number of carbonyl (C=O) groups excluding carboxylic acids is 2. The number of aryl methyl sites for hydroxylation is 1. The average molecular weight is 591 g/mol. The van der Waals surface area contributed by atoms with Crippen LogP contribution in [-0.2, 0) is 26.2 Å². The minimum atomic E-state index is -4.20. The van der Waals surface area contributed by atoms with Crippen molar-refractivity contribution in [1.29, 1.82) is 0 Å². The first-order chi connectivity index (χ1) is 18.4. The molecule has 3 aromatic carbocycles. The number of halogens is 2. The van der Waals surface area contributed by atoms with Gasteiger partial charge in [-0.2, -0.15) is 0 Å². The molecule has 208 valence electrons. The Morgan fingerprint density at radius 1 is 0.923 bits per heavy atom. The third-order valence-electron chi connectivity index (χ3n) is 6.42. The van der Waals surface area contributed by atoms with Crippen molar-refractivity contribution in [3.8, 4) is 0 Å². The second kappa shape index (κ2) is 13.3. The van der Waals surface area contributed by atoms with Crippen molar-refractivity contribution in [3.05, 3.63) is 94.0 Å². The van der Waals surface area contributed by atoms with Gasteiger partial charge in [-0.3, -0.25) is 13.9 Å². The van der Waals surface area contributed by atoms with E-state index < -0.39 is 28.5 Å². The summed E-state index contributed by atoms with van der Waals surface area (Å²) < 4.78 is 28.6. The summed E-state index contributed by atoms with van der Waals surface area (Å²) in [6.45, 7) is 7.02. The summed E-state index contributed by atoms with van der Waals surface area (Å²) in [6, 6.07) is 18.6. The first-order valence-electron chi connectivity index (χ1n) is 12.6. The van der Waals surface area contributed by atoms with Crippen LogP contribution in [0.5, 0.6) is 0 Å². The predicted octanol–water partition coefficient (Wildman–Crippen LogP) is 5.83. The molecule has 39 heavy (non-hydrogen) atoms. The normalized spacial score (nSPS) is 12.9. The van der Waals surface area contributed by atoms with Crippen LogP contribution in [0.1, 0.15) is 38.3 Å². The lowest BCUT2D eigenvalue weighted by molar-refractivity contribution is -0.139. The Bertz CT molecular complexity index is 1400. The molecule has 0 saturated heterocycles. The SMILES string of the molecule is CC[C@H](C)NC(=O)[C@@H](C)N(Cc1ccc(C)cc1)C(=O)CN(c1cccc(Cl)c1)S(=O)(=O)c1ccc(Cl)cc1. The van der Waals surface area contributed by atoms with E-state index in [2.05, 4.69) is 5.32 Å². The Balaban J connectivity index is 2.02. The number of rotatable bonds is 11. The van der Waals surface area contributed by atoms with Gasteiger partial charge in [0, 0.05) is 22.6 Å². The van der Waals surface area contributed by atoms with E-state index in [0.717, 1.165) is 21.9 Å². The van der Waals surface area contributed by atoms with E-state index in [0.29, 0.717) is 10.0 Å². The predicted molar refractivity (Wildman–Crippen MR) is 157 cm³/mol. The van der Waals surface area contributed by atoms with E-state index in [4.69, 9.17) is 23.2 Å². The second-order valence-electron chi connectivity index (χ2n) is 9.45. The van der Waals surface area contributed by atoms with Crippen molar-refractivity contribution in [2.75, 3.05) is 10.8 Å². The van der Waals surface area contributed by atoms with Gasteiger partial charge in [0.1, 0.15) is 12.6 Å². The smallest absolute Gasteiger partial charge is 0.264 e. The first-order valence-corrected chi connectivity index (χ1v) is 14.8. The summed E-state index contributed by atoms with van der Waals surface area (Å²) in [6.07, 6.45) is 0.728. The molecule has 3 rings (SSSR count). The van der Waals surface area contributed by atoms with Gasteiger partial charge in [0.25, 0.3) is 10.0 Å². The Morgan fingerprint density at radius 3 is 2.15 bits per heavy atom. The zero-order chi connectivity index (χ0) is 28.7. The molecule has 0 radical (unpaired) electrons. The van der Waals surface area contributed by atoms with Crippen LogP contribution in [0.2, 0.25) is 10.0 Å². The van der Waals surface area contributed by atoms with Crippen LogP contribution in [0, 0.1) is 6.92 Å². The van der Waals surface area contributed by atoms with Crippen molar-refractivity contribution < 1.29 is 18.0 Å². The minimum Gasteiger partial charge on any atom is -0.352 e. The number of anilines is 1. The molecule has 0 heterocycles. The zero-order valence-corrected chi connectivity index (χ0v) is 24.7. The van der Waals surface area contributed by atoms with Crippen LogP contribution in [0.25, 0.3) is 0 Å². The minimum absolute atomic E-state index is 0.0349. The van der Waals surface area contributed by atoms with Crippen LogP contribution in [-0.4, -0.2) is 43.8 Å². The quantitative estimate of drug-likeness (QED) is 0.305. The first kappa shape index (κ1) is 30.5. The van der Waals surface area contributed by atoms with Crippen molar-refractivity contribution in [2.24, 2.45) is 0 Å². The summed E-state index contributed by atoms with van der Waals surface area (Å²) in [5, 5.41) is 3.61. The summed E-state index contributed by atoms with van der Waals surface area (Å²) in [7, 11) is -4.20. The van der Waals surface area contributed by atoms with Crippen LogP contribution in [0.15, 0.2) is 77.7 Å². The maximum Gasteiger partial charge on any atom is 0.264 e. The highest BCUT2D eigenvalue weighted by Gasteiger charge is 2.32. The highest BCUT2D eigenvalue weighted by Crippen LogP contribution is 2.27. The van der Waals surface area contributed by atoms with Gasteiger partial charge in [0.15, 0.2) is 0 Å². The van der Waals surface area contributed by atoms with Gasteiger partial charge in [0.05, 0.1) is 10.6 Å². The van der Waals surface area contributed by atoms with E-state index in [9.17, 15) is 18.0 Å². The maximum absolute atomic E-state index is 13.9. The van der Waals surface area contributed by atoms with Gasteiger partial charge in [-0.05, 0) is 75.2 Å². The highest BCUT2D eigenvalue weighted by atomic mass is 35.5. The second-order valence-corrected chi connectivity index (χ2v) is 12.2. The average Bonchev–Trinajstić information content (AvgIpc) is 2.90. The molecule has 0 unspecified atom stereocenters. The Labute approximate surface area is 240 Å². The van der Waals surface area contributed by atoms with Crippen molar-refractivity contribution in [2.45, 2.75) is 57.6 Å². The number of hydrogen-bond acceptors (Lipinski definition) is 4. The Morgan fingerprint density at radius 2 is 1.56 bits per heavy atom. The van der Waals surface area contributed by atoms with E-state index in [-0.39, 0.29) is 29.1 Å². The fraction of sp³-hybridized carbons (Fsp3) is 0.310. The molecule has 3 aromatic rings. The van der Waals surface area contributed by atoms with Gasteiger partial charge >= 0.3 is 0 Å². The van der Waals surface area contributed by atoms with E-state index in [1.54, 1.807) is 25.1 Å². The monoisotopic (exact) mass is 589 g/mol. The van der Waals surface area contributed by atoms with Crippen molar-refractivity contribution in [1.82, 2.24) is 10.2 Å². The summed E-state index contributed by atoms with van der Waals surface area (Å²) >= 11 is 12.2. The molecule has 10 heteroatoms. The molecule has 0 aliphatic carbocycles. The Kier molecular flexibility index (Phi) is 10.4. The molecule has 0 saturated carbocycles. The van der Waals surface area contributed by atoms with Crippen molar-refractivity contribution in [3.63, 3.8) is 0 Å². The number of nitrogens with zero attached hydrogens (tertiary/aromatic N) is 2. The summed E-state index contributed by atoms with van der Waals surface area (Å²) in [5.41, 5.74) is 2.09. The third kappa shape index (κ3) is 7.97. The van der Waals surface area contributed by atoms with Crippen LogP contribution in [0.3, 0.4) is 0 Å². The molecule has 0 aromatic heterocycles. The topological polar surface area (TPSA) is 86.8 Å². The standard InChI is InChI=1S/C29H33Cl2N3O4S/c1-5-21(3)32-29(36)22(4)33(18-23-11-9-20(2)10-12-23)28(35)19-34(26-8-6-7-25(31)17-26)39(37,38)27-15-13-24(30)14-16-27/h6-17,21-22H,5,18-19H2,1-4H3,(H,32,36)/t21-,22+/m0/s1. The number of nitrogens with one attached hydrogen (secondary N) is 1. The summed E-state index contributed by atoms with van der Waals surface area (Å²) in [4.78, 5) is 28.4. The lowest BCUT2D eigenvalue weighted by atomic mass is 10.1. The molecule has 2 atom stereocenters. The number of benzene rings is 3. The van der Waals surface area contributed by atoms with Gasteiger partial charge in [-0.1, -0.05) is 66.0 Å². The molecule has 0 bridgehead atoms. The molecule has 0 spiro atoms. The number of carbonyl (C=O) groups is 2.